The number of nitrogens with one attached hydrogen (secondary N) is 2. The molecular weight excluding hydrogens is 432 g/mol. The number of carbonyl (C=O) groups excluding carboxylic acids is 2. The molecule has 0 aliphatic carbocycles. The van der Waals surface area contributed by atoms with E-state index in [1.807, 2.05) is 29.2 Å². The summed E-state index contributed by atoms with van der Waals surface area (Å²) in [6, 6.07) is 7.00. The second-order valence-electron chi connectivity index (χ2n) is 8.73. The van der Waals surface area contributed by atoms with Gasteiger partial charge in [-0.25, -0.2) is 4.98 Å². The van der Waals surface area contributed by atoms with Crippen LogP contribution in [0.5, 0.6) is 0 Å². The van der Waals surface area contributed by atoms with Gasteiger partial charge in [0, 0.05) is 37.8 Å². The summed E-state index contributed by atoms with van der Waals surface area (Å²) in [6.45, 7) is 7.64. The summed E-state index contributed by atoms with van der Waals surface area (Å²) in [5.41, 5.74) is 8.73. The van der Waals surface area contributed by atoms with Crippen LogP contribution in [-0.2, 0) is 11.3 Å². The van der Waals surface area contributed by atoms with Crippen LogP contribution in [0.1, 0.15) is 59.9 Å². The van der Waals surface area contributed by atoms with Crippen LogP contribution >= 0.6 is 0 Å². The number of carbonyl (C=O) groups is 2. The Morgan fingerprint density at radius 1 is 1.26 bits per heavy atom. The Morgan fingerprint density at radius 2 is 2.00 bits per heavy atom. The van der Waals surface area contributed by atoms with Gasteiger partial charge in [-0.05, 0) is 31.0 Å². The number of aldehydes is 1. The highest BCUT2D eigenvalue weighted by atomic mass is 16.2. The number of nitrogens with zero attached hydrogens (tertiary/aromatic N) is 5. The normalized spacial score (nSPS) is 18.4. The van der Waals surface area contributed by atoms with Crippen molar-refractivity contribution >= 4 is 30.2 Å². The van der Waals surface area contributed by atoms with Crippen molar-refractivity contribution in [1.82, 2.24) is 25.2 Å². The van der Waals surface area contributed by atoms with Crippen LogP contribution in [0.3, 0.4) is 0 Å². The van der Waals surface area contributed by atoms with Crippen LogP contribution in [0.4, 0.5) is 11.8 Å². The molecule has 2 aliphatic rings. The summed E-state index contributed by atoms with van der Waals surface area (Å²) in [4.78, 5) is 35.5. The van der Waals surface area contributed by atoms with Gasteiger partial charge >= 0.3 is 0 Å². The van der Waals surface area contributed by atoms with Gasteiger partial charge in [0.25, 0.3) is 5.91 Å². The number of benzene rings is 1. The van der Waals surface area contributed by atoms with E-state index in [0.29, 0.717) is 42.3 Å². The third-order valence-electron chi connectivity index (χ3n) is 6.12. The average molecular weight is 465 g/mol. The molecule has 0 bridgehead atoms. The van der Waals surface area contributed by atoms with Crippen molar-refractivity contribution < 1.29 is 9.59 Å². The minimum absolute atomic E-state index is 0.0374. The van der Waals surface area contributed by atoms with Gasteiger partial charge in [0.1, 0.15) is 18.1 Å². The summed E-state index contributed by atoms with van der Waals surface area (Å²) >= 11 is 0. The number of amides is 1. The Balaban J connectivity index is 1.52. The molecule has 4 N–H and O–H groups in total. The summed E-state index contributed by atoms with van der Waals surface area (Å²) in [7, 11) is 0. The SMILES string of the molecule is CCCC(C)Nc1nc(N)nc2c1[C@H](C=O)N(Cc1ccc(C(=O)N3CCNCC3)cc1)N=C2. The molecule has 2 aliphatic heterocycles. The molecule has 10 nitrogen and oxygen atoms in total. The smallest absolute Gasteiger partial charge is 0.253 e. The molecule has 0 saturated carbocycles. The largest absolute Gasteiger partial charge is 0.368 e. The molecule has 0 spiro atoms. The molecule has 2 aromatic rings. The summed E-state index contributed by atoms with van der Waals surface area (Å²) in [5.74, 6) is 0.739. The lowest BCUT2D eigenvalue weighted by Gasteiger charge is -2.31. The first-order valence-electron chi connectivity index (χ1n) is 11.8. The molecule has 180 valence electrons. The van der Waals surface area contributed by atoms with Gasteiger partial charge in [0.15, 0.2) is 0 Å². The quantitative estimate of drug-likeness (QED) is 0.505. The third kappa shape index (κ3) is 5.17. The van der Waals surface area contributed by atoms with Crippen LogP contribution in [0, 0.1) is 0 Å². The molecule has 1 saturated heterocycles. The van der Waals surface area contributed by atoms with Crippen LogP contribution < -0.4 is 16.4 Å². The van der Waals surface area contributed by atoms with E-state index in [9.17, 15) is 9.59 Å². The van der Waals surface area contributed by atoms with Gasteiger partial charge in [-0.15, -0.1) is 0 Å². The van der Waals surface area contributed by atoms with Gasteiger partial charge in [0.2, 0.25) is 5.95 Å². The lowest BCUT2D eigenvalue weighted by atomic mass is 10.0. The zero-order valence-corrected chi connectivity index (χ0v) is 19.7. The monoisotopic (exact) mass is 464 g/mol. The van der Waals surface area contributed by atoms with Gasteiger partial charge in [0.05, 0.1) is 24.0 Å². The standard InChI is InChI=1S/C24H32N8O2/c1-3-4-16(2)28-22-21-19(29-24(25)30-22)13-27-32(20(21)15-33)14-17-5-7-18(8-6-17)23(34)31-11-9-26-10-12-31/h5-8,13,15-16,20,26H,3-4,9-12,14H2,1-2H3,(H3,25,28,29,30)/t16?,20-/m0/s1. The first-order valence-corrected chi connectivity index (χ1v) is 11.8. The van der Waals surface area contributed by atoms with Crippen molar-refractivity contribution in [2.24, 2.45) is 5.10 Å². The highest BCUT2D eigenvalue weighted by Crippen LogP contribution is 2.32. The van der Waals surface area contributed by atoms with Crippen LogP contribution in [0.25, 0.3) is 0 Å². The Bertz CT molecular complexity index is 1050. The molecule has 1 amide bonds. The third-order valence-corrected chi connectivity index (χ3v) is 6.12. The summed E-state index contributed by atoms with van der Waals surface area (Å²) in [6.07, 6.45) is 4.45. The lowest BCUT2D eigenvalue weighted by Crippen LogP contribution is -2.46. The molecule has 2 atom stereocenters. The van der Waals surface area contributed by atoms with E-state index in [-0.39, 0.29) is 17.9 Å². The Kier molecular flexibility index (Phi) is 7.36. The zero-order chi connectivity index (χ0) is 24.1. The van der Waals surface area contributed by atoms with E-state index in [2.05, 4.69) is 39.6 Å². The van der Waals surface area contributed by atoms with Crippen molar-refractivity contribution in [2.45, 2.75) is 45.3 Å². The van der Waals surface area contributed by atoms with Gasteiger partial charge in [-0.2, -0.15) is 10.1 Å². The number of piperazine rings is 1. The van der Waals surface area contributed by atoms with Crippen molar-refractivity contribution in [2.75, 3.05) is 37.2 Å². The number of nitrogens with two attached hydrogens (primary N) is 1. The molecule has 1 unspecified atom stereocenters. The highest BCUT2D eigenvalue weighted by Gasteiger charge is 2.30. The van der Waals surface area contributed by atoms with E-state index < -0.39 is 6.04 Å². The van der Waals surface area contributed by atoms with Crippen LogP contribution in [0.2, 0.25) is 0 Å². The fourth-order valence-corrected chi connectivity index (χ4v) is 4.36. The second kappa shape index (κ2) is 10.6. The van der Waals surface area contributed by atoms with Gasteiger partial charge < -0.3 is 26.1 Å². The summed E-state index contributed by atoms with van der Waals surface area (Å²) in [5, 5.41) is 12.8. The first-order chi connectivity index (χ1) is 16.5. The molecule has 34 heavy (non-hydrogen) atoms. The van der Waals surface area contributed by atoms with E-state index >= 15 is 0 Å². The topological polar surface area (TPSA) is 129 Å². The van der Waals surface area contributed by atoms with Crippen molar-refractivity contribution in [3.8, 4) is 0 Å². The lowest BCUT2D eigenvalue weighted by molar-refractivity contribution is -0.113. The number of rotatable bonds is 8. The van der Waals surface area contributed by atoms with Crippen molar-refractivity contribution in [3.05, 3.63) is 46.6 Å². The van der Waals surface area contributed by atoms with Gasteiger partial charge in [-0.3, -0.25) is 9.80 Å². The maximum atomic E-state index is 12.7. The number of fused-ring (bicyclic) bond motifs is 1. The number of anilines is 2. The number of hydrogen-bond donors (Lipinski definition) is 3. The zero-order valence-electron chi connectivity index (χ0n) is 19.7. The minimum Gasteiger partial charge on any atom is -0.368 e. The molecule has 10 heteroatoms. The predicted molar refractivity (Wildman–Crippen MR) is 132 cm³/mol. The molecule has 0 radical (unpaired) electrons. The summed E-state index contributed by atoms with van der Waals surface area (Å²) < 4.78 is 0. The first kappa shape index (κ1) is 23.6. The molecule has 1 aromatic heterocycles. The van der Waals surface area contributed by atoms with Crippen molar-refractivity contribution in [3.63, 3.8) is 0 Å². The minimum atomic E-state index is -0.654. The number of aromatic nitrogens is 2. The Labute approximate surface area is 199 Å². The van der Waals surface area contributed by atoms with E-state index in [1.165, 1.54) is 0 Å². The highest BCUT2D eigenvalue weighted by molar-refractivity contribution is 5.94. The number of nitrogen functional groups attached to an aromatic ring is 1. The van der Waals surface area contributed by atoms with E-state index in [1.54, 1.807) is 11.2 Å². The predicted octanol–water partition coefficient (Wildman–Crippen LogP) is 1.79. The van der Waals surface area contributed by atoms with Gasteiger partial charge in [-0.1, -0.05) is 25.5 Å². The maximum Gasteiger partial charge on any atom is 0.253 e. The molecule has 3 heterocycles. The molecule has 1 fully saturated rings. The van der Waals surface area contributed by atoms with Crippen molar-refractivity contribution in [1.29, 1.82) is 0 Å². The van der Waals surface area contributed by atoms with E-state index in [0.717, 1.165) is 37.8 Å². The van der Waals surface area contributed by atoms with E-state index in [4.69, 9.17) is 5.73 Å². The Morgan fingerprint density at radius 3 is 2.68 bits per heavy atom. The average Bonchev–Trinajstić information content (AvgIpc) is 2.84. The Hall–Kier alpha value is -3.53. The van der Waals surface area contributed by atoms with Crippen LogP contribution in [0.15, 0.2) is 29.4 Å². The molecule has 4 rings (SSSR count). The second-order valence-corrected chi connectivity index (χ2v) is 8.73. The maximum absolute atomic E-state index is 12.7. The number of hydrogen-bond acceptors (Lipinski definition) is 9. The van der Waals surface area contributed by atoms with Crippen LogP contribution in [-0.4, -0.2) is 70.5 Å². The number of hydrazone groups is 1. The molecule has 1 aromatic carbocycles. The fourth-order valence-electron chi connectivity index (χ4n) is 4.36. The fraction of sp³-hybridized carbons (Fsp3) is 0.458. The molecular formula is C24H32N8O2.